The van der Waals surface area contributed by atoms with Gasteiger partial charge in [-0.2, -0.15) is 0 Å². The van der Waals surface area contributed by atoms with E-state index in [1.165, 1.54) is 6.08 Å². The number of aldehydes is 2. The summed E-state index contributed by atoms with van der Waals surface area (Å²) in [7, 11) is 0. The molecule has 106 valence electrons. The topological polar surface area (TPSA) is 34.1 Å². The first kappa shape index (κ1) is 19.6. The van der Waals surface area contributed by atoms with E-state index in [9.17, 15) is 9.59 Å². The molecule has 0 heterocycles. The molecule has 0 radical (unpaired) electrons. The van der Waals surface area contributed by atoms with Gasteiger partial charge in [0.25, 0.3) is 0 Å². The van der Waals surface area contributed by atoms with E-state index in [1.807, 2.05) is 39.8 Å². The Morgan fingerprint density at radius 2 is 1.79 bits per heavy atom. The molecule has 2 nitrogen and oxygen atoms in total. The highest BCUT2D eigenvalue weighted by Crippen LogP contribution is 2.30. The molecule has 1 unspecified atom stereocenters. The number of carbonyl (C=O) groups is 2. The van der Waals surface area contributed by atoms with Crippen molar-refractivity contribution in [2.24, 2.45) is 11.3 Å². The Morgan fingerprint density at radius 3 is 2.05 bits per heavy atom. The van der Waals surface area contributed by atoms with Crippen LogP contribution in [-0.4, -0.2) is 12.6 Å². The molecule has 19 heavy (non-hydrogen) atoms. The fourth-order valence-electron chi connectivity index (χ4n) is 1.38. The van der Waals surface area contributed by atoms with Crippen LogP contribution in [0.1, 0.15) is 34.1 Å². The molecule has 2 heteroatoms. The summed E-state index contributed by atoms with van der Waals surface area (Å²) in [4.78, 5) is 20.3. The molecule has 0 aliphatic heterocycles. The Kier molecular flexibility index (Phi) is 11.8. The zero-order valence-corrected chi connectivity index (χ0v) is 12.6. The summed E-state index contributed by atoms with van der Waals surface area (Å²) in [5, 5.41) is 0. The number of hydrogen-bond donors (Lipinski definition) is 0. The van der Waals surface area contributed by atoms with Crippen molar-refractivity contribution in [3.63, 3.8) is 0 Å². The van der Waals surface area contributed by atoms with Gasteiger partial charge in [0.15, 0.2) is 0 Å². The third-order valence-corrected chi connectivity index (χ3v) is 2.67. The molecule has 0 aromatic heterocycles. The van der Waals surface area contributed by atoms with E-state index in [0.717, 1.165) is 24.6 Å². The van der Waals surface area contributed by atoms with E-state index in [0.29, 0.717) is 0 Å². The first-order chi connectivity index (χ1) is 8.87. The normalized spacial score (nSPS) is 12.6. The summed E-state index contributed by atoms with van der Waals surface area (Å²) in [6, 6.07) is 0. The Labute approximate surface area is 117 Å². The van der Waals surface area contributed by atoms with Gasteiger partial charge in [-0.15, -0.1) is 6.58 Å². The SMILES string of the molecule is C=CC(C)(C)C(C=O)C(=C)C.CCC=CC=CC=O. The summed E-state index contributed by atoms with van der Waals surface area (Å²) in [6.45, 7) is 15.3. The zero-order chi connectivity index (χ0) is 15.3. The number of hydrogen-bond acceptors (Lipinski definition) is 2. The molecular formula is C17H26O2. The van der Waals surface area contributed by atoms with Crippen molar-refractivity contribution in [2.75, 3.05) is 0 Å². The van der Waals surface area contributed by atoms with Crippen molar-refractivity contribution in [3.8, 4) is 0 Å². The van der Waals surface area contributed by atoms with Crippen LogP contribution in [0, 0.1) is 11.3 Å². The highest BCUT2D eigenvalue weighted by Gasteiger charge is 2.26. The van der Waals surface area contributed by atoms with Gasteiger partial charge >= 0.3 is 0 Å². The standard InChI is InChI=1S/C10H16O.C7H10O/c1-6-10(4,5)9(7-11)8(2)3;1-2-3-4-5-6-7-8/h6-7,9H,1-2H2,3-5H3;3-7H,2H2,1H3. The molecule has 0 amide bonds. The van der Waals surface area contributed by atoms with Crippen LogP contribution in [-0.2, 0) is 9.59 Å². The van der Waals surface area contributed by atoms with Crippen molar-refractivity contribution < 1.29 is 9.59 Å². The van der Waals surface area contributed by atoms with Gasteiger partial charge in [0.05, 0.1) is 0 Å². The second-order valence-electron chi connectivity index (χ2n) is 4.84. The van der Waals surface area contributed by atoms with Crippen molar-refractivity contribution in [1.29, 1.82) is 0 Å². The third kappa shape index (κ3) is 9.95. The fourth-order valence-corrected chi connectivity index (χ4v) is 1.38. The molecular weight excluding hydrogens is 236 g/mol. The van der Waals surface area contributed by atoms with Crippen molar-refractivity contribution in [2.45, 2.75) is 34.1 Å². The molecule has 0 aromatic rings. The molecule has 0 N–H and O–H groups in total. The van der Waals surface area contributed by atoms with E-state index >= 15 is 0 Å². The summed E-state index contributed by atoms with van der Waals surface area (Å²) >= 11 is 0. The van der Waals surface area contributed by atoms with Gasteiger partial charge in [-0.1, -0.05) is 57.2 Å². The van der Waals surface area contributed by atoms with Crippen molar-refractivity contribution in [3.05, 3.63) is 49.1 Å². The Balaban J connectivity index is 0. The smallest absolute Gasteiger partial charge is 0.142 e. The molecule has 0 aliphatic rings. The van der Waals surface area contributed by atoms with E-state index in [2.05, 4.69) is 13.2 Å². The van der Waals surface area contributed by atoms with Crippen LogP contribution in [0.5, 0.6) is 0 Å². The van der Waals surface area contributed by atoms with Gasteiger partial charge in [-0.25, -0.2) is 0 Å². The lowest BCUT2D eigenvalue weighted by molar-refractivity contribution is -0.112. The largest absolute Gasteiger partial charge is 0.303 e. The monoisotopic (exact) mass is 262 g/mol. The van der Waals surface area contributed by atoms with E-state index < -0.39 is 0 Å². The van der Waals surface area contributed by atoms with Crippen LogP contribution in [0.15, 0.2) is 49.1 Å². The van der Waals surface area contributed by atoms with Gasteiger partial charge in [-0.3, -0.25) is 4.79 Å². The van der Waals surface area contributed by atoms with E-state index in [1.54, 1.807) is 12.2 Å². The molecule has 0 spiro atoms. The fraction of sp³-hybridized carbons (Fsp3) is 0.412. The number of allylic oxidation sites excluding steroid dienone is 6. The highest BCUT2D eigenvalue weighted by molar-refractivity contribution is 5.65. The lowest BCUT2D eigenvalue weighted by Gasteiger charge is -2.27. The Bertz CT molecular complexity index is 346. The lowest BCUT2D eigenvalue weighted by Crippen LogP contribution is -2.23. The second-order valence-corrected chi connectivity index (χ2v) is 4.84. The number of rotatable bonds is 7. The van der Waals surface area contributed by atoms with Crippen LogP contribution in [0.25, 0.3) is 0 Å². The summed E-state index contributed by atoms with van der Waals surface area (Å²) in [5.74, 6) is -0.111. The molecule has 0 rings (SSSR count). The maximum atomic E-state index is 10.6. The Hall–Kier alpha value is -1.70. The third-order valence-electron chi connectivity index (χ3n) is 2.67. The first-order valence-corrected chi connectivity index (χ1v) is 6.38. The maximum Gasteiger partial charge on any atom is 0.142 e. The van der Waals surface area contributed by atoms with Crippen LogP contribution in [0.3, 0.4) is 0 Å². The second kappa shape index (κ2) is 11.4. The molecule has 0 aliphatic carbocycles. The van der Waals surface area contributed by atoms with Crippen LogP contribution in [0.4, 0.5) is 0 Å². The van der Waals surface area contributed by atoms with E-state index in [-0.39, 0.29) is 11.3 Å². The Morgan fingerprint density at radius 1 is 1.21 bits per heavy atom. The minimum absolute atomic E-state index is 0.111. The molecule has 0 aromatic carbocycles. The summed E-state index contributed by atoms with van der Waals surface area (Å²) < 4.78 is 0. The van der Waals surface area contributed by atoms with Crippen molar-refractivity contribution >= 4 is 12.6 Å². The average molecular weight is 262 g/mol. The van der Waals surface area contributed by atoms with Crippen molar-refractivity contribution in [1.82, 2.24) is 0 Å². The lowest BCUT2D eigenvalue weighted by atomic mass is 9.76. The average Bonchev–Trinajstić information content (AvgIpc) is 2.35. The maximum absolute atomic E-state index is 10.6. The van der Waals surface area contributed by atoms with Crippen LogP contribution >= 0.6 is 0 Å². The predicted molar refractivity (Wildman–Crippen MR) is 83.0 cm³/mol. The highest BCUT2D eigenvalue weighted by atomic mass is 16.1. The van der Waals surface area contributed by atoms with Gasteiger partial charge in [-0.05, 0) is 24.8 Å². The summed E-state index contributed by atoms with van der Waals surface area (Å²) in [5.41, 5.74) is 0.720. The van der Waals surface area contributed by atoms with Gasteiger partial charge in [0, 0.05) is 5.92 Å². The summed E-state index contributed by atoms with van der Waals surface area (Å²) in [6.07, 6.45) is 11.5. The van der Waals surface area contributed by atoms with Gasteiger partial charge in [0.2, 0.25) is 0 Å². The zero-order valence-electron chi connectivity index (χ0n) is 12.6. The van der Waals surface area contributed by atoms with Crippen LogP contribution in [0.2, 0.25) is 0 Å². The molecule has 0 saturated carbocycles. The molecule has 0 fully saturated rings. The van der Waals surface area contributed by atoms with Crippen LogP contribution < -0.4 is 0 Å². The minimum Gasteiger partial charge on any atom is -0.303 e. The van der Waals surface area contributed by atoms with E-state index in [4.69, 9.17) is 0 Å². The predicted octanol–water partition coefficient (Wildman–Crippen LogP) is 4.30. The molecule has 0 bridgehead atoms. The molecule has 0 saturated heterocycles. The quantitative estimate of drug-likeness (QED) is 0.297. The van der Waals surface area contributed by atoms with Gasteiger partial charge in [0.1, 0.15) is 12.6 Å². The van der Waals surface area contributed by atoms with Gasteiger partial charge < -0.3 is 4.79 Å². The first-order valence-electron chi connectivity index (χ1n) is 6.38. The minimum atomic E-state index is -0.173. The number of carbonyl (C=O) groups excluding carboxylic acids is 2. The molecule has 1 atom stereocenters.